The summed E-state index contributed by atoms with van der Waals surface area (Å²) in [5.74, 6) is -1.79. The van der Waals surface area contributed by atoms with Gasteiger partial charge in [-0.15, -0.1) is 0 Å². The molecule has 3 rings (SSSR count). The zero-order valence-corrected chi connectivity index (χ0v) is 26.8. The van der Waals surface area contributed by atoms with Crippen LogP contribution in [0.25, 0.3) is 10.9 Å². The number of unbranched alkanes of at least 4 members (excludes halogenated alkanes) is 1. The molecular formula is C34H44ClF5N2. The highest BCUT2D eigenvalue weighted by atomic mass is 35.5. The number of allylic oxidation sites excluding steroid dienone is 3. The number of halogens is 6. The second kappa shape index (κ2) is 17.3. The summed E-state index contributed by atoms with van der Waals surface area (Å²) in [5, 5.41) is 1.74. The molecule has 1 atom stereocenters. The van der Waals surface area contributed by atoms with Gasteiger partial charge < -0.3 is 4.98 Å². The number of aromatic amines is 1. The van der Waals surface area contributed by atoms with E-state index in [0.29, 0.717) is 16.1 Å². The van der Waals surface area contributed by atoms with Gasteiger partial charge in [0.2, 0.25) is 0 Å². The molecule has 0 aliphatic carbocycles. The maximum absolute atomic E-state index is 14.5. The molecule has 0 amide bonds. The van der Waals surface area contributed by atoms with E-state index in [-0.39, 0.29) is 5.92 Å². The summed E-state index contributed by atoms with van der Waals surface area (Å²) in [5.41, 5.74) is 5.35. The molecule has 2 aromatic carbocycles. The lowest BCUT2D eigenvalue weighted by atomic mass is 9.91. The average molecular weight is 611 g/mol. The van der Waals surface area contributed by atoms with Gasteiger partial charge in [0, 0.05) is 44.5 Å². The van der Waals surface area contributed by atoms with E-state index in [0.717, 1.165) is 66.9 Å². The molecule has 2 nitrogen and oxygen atoms in total. The molecule has 1 N–H and O–H groups in total. The molecule has 0 fully saturated rings. The lowest BCUT2D eigenvalue weighted by Crippen LogP contribution is -2.06. The monoisotopic (exact) mass is 610 g/mol. The highest BCUT2D eigenvalue weighted by Gasteiger charge is 2.27. The molecule has 0 aliphatic heterocycles. The molecule has 232 valence electrons. The Morgan fingerprint density at radius 2 is 1.67 bits per heavy atom. The van der Waals surface area contributed by atoms with Gasteiger partial charge in [-0.25, -0.2) is 8.78 Å². The second-order valence-electron chi connectivity index (χ2n) is 10.4. The summed E-state index contributed by atoms with van der Waals surface area (Å²) in [7, 11) is 0. The third-order valence-electron chi connectivity index (χ3n) is 6.75. The van der Waals surface area contributed by atoms with Crippen molar-refractivity contribution in [3.8, 4) is 0 Å². The lowest BCUT2D eigenvalue weighted by molar-refractivity contribution is -0.0909. The molecule has 0 saturated carbocycles. The van der Waals surface area contributed by atoms with Crippen LogP contribution >= 0.6 is 11.6 Å². The summed E-state index contributed by atoms with van der Waals surface area (Å²) in [4.78, 5) is 7.78. The van der Waals surface area contributed by atoms with Crippen molar-refractivity contribution < 1.29 is 22.0 Å². The maximum Gasteiger partial charge on any atom is 0.411 e. The minimum Gasteiger partial charge on any atom is -0.358 e. The number of benzene rings is 2. The van der Waals surface area contributed by atoms with Gasteiger partial charge in [0.25, 0.3) is 0 Å². The zero-order chi connectivity index (χ0) is 32.2. The molecule has 0 unspecified atom stereocenters. The van der Waals surface area contributed by atoms with Gasteiger partial charge in [0.05, 0.1) is 0 Å². The normalized spacial score (nSPS) is 12.8. The van der Waals surface area contributed by atoms with Crippen molar-refractivity contribution in [3.05, 3.63) is 93.3 Å². The van der Waals surface area contributed by atoms with Gasteiger partial charge in [0.1, 0.15) is 0 Å². The fourth-order valence-electron chi connectivity index (χ4n) is 4.11. The predicted octanol–water partition coefficient (Wildman–Crippen LogP) is 12.2. The van der Waals surface area contributed by atoms with Crippen LogP contribution in [0.3, 0.4) is 0 Å². The van der Waals surface area contributed by atoms with Crippen LogP contribution in [-0.4, -0.2) is 16.9 Å². The van der Waals surface area contributed by atoms with Crippen molar-refractivity contribution in [1.82, 2.24) is 4.98 Å². The highest BCUT2D eigenvalue weighted by Crippen LogP contribution is 2.35. The first kappa shape index (κ1) is 37.1. The van der Waals surface area contributed by atoms with E-state index in [1.807, 2.05) is 32.0 Å². The van der Waals surface area contributed by atoms with E-state index >= 15 is 0 Å². The van der Waals surface area contributed by atoms with E-state index in [2.05, 4.69) is 50.3 Å². The Kier molecular flexibility index (Phi) is 15.2. The number of hydrogen-bond acceptors (Lipinski definition) is 1. The van der Waals surface area contributed by atoms with Crippen molar-refractivity contribution in [1.29, 1.82) is 0 Å². The summed E-state index contributed by atoms with van der Waals surface area (Å²) in [6, 6.07) is 9.04. The molecule has 0 spiro atoms. The van der Waals surface area contributed by atoms with Crippen molar-refractivity contribution in [2.45, 2.75) is 99.6 Å². The quantitative estimate of drug-likeness (QED) is 0.149. The van der Waals surface area contributed by atoms with E-state index in [1.54, 1.807) is 19.1 Å². The first-order chi connectivity index (χ1) is 19.6. The third kappa shape index (κ3) is 11.0. The van der Waals surface area contributed by atoms with Crippen LogP contribution in [0.1, 0.15) is 102 Å². The zero-order valence-electron chi connectivity index (χ0n) is 26.0. The molecule has 0 bridgehead atoms. The standard InChI is InChI=1S/C21H22ClF2N.C9H17N.C4H5F3/c1-4-5-6-16-17-11-14(22)8-10-18(17)25-21(16)13(3)15-9-7-12(2)19(23)20(15)24;1-5-7-9(4)10-8(3)6-2;1-3(2)4(5,6)7/h7-11,13,25H,4-6H2,1-3H3;7H,5-6H2,1-4H3;1H2,2H3/b;9-7+,10-8?;/t13-;;/m0../s1. The van der Waals surface area contributed by atoms with Crippen LogP contribution in [0.15, 0.2) is 59.2 Å². The van der Waals surface area contributed by atoms with Gasteiger partial charge in [-0.3, -0.25) is 4.99 Å². The highest BCUT2D eigenvalue weighted by molar-refractivity contribution is 6.31. The summed E-state index contributed by atoms with van der Waals surface area (Å²) in [6.07, 6.45) is 3.05. The summed E-state index contributed by atoms with van der Waals surface area (Å²) >= 11 is 6.17. The number of nitrogens with zero attached hydrogens (tertiary/aromatic N) is 1. The fraction of sp³-hybridized carbons (Fsp3) is 0.441. The molecule has 1 heterocycles. The van der Waals surface area contributed by atoms with E-state index in [4.69, 9.17) is 11.6 Å². The predicted molar refractivity (Wildman–Crippen MR) is 169 cm³/mol. The number of alkyl halides is 3. The molecular weight excluding hydrogens is 567 g/mol. The van der Waals surface area contributed by atoms with Crippen LogP contribution in [0.4, 0.5) is 22.0 Å². The molecule has 0 saturated heterocycles. The minimum absolute atomic E-state index is 0.270. The van der Waals surface area contributed by atoms with E-state index in [1.165, 1.54) is 5.71 Å². The molecule has 1 aromatic heterocycles. The fourth-order valence-corrected chi connectivity index (χ4v) is 4.28. The van der Waals surface area contributed by atoms with Crippen LogP contribution in [0, 0.1) is 18.6 Å². The largest absolute Gasteiger partial charge is 0.411 e. The van der Waals surface area contributed by atoms with Gasteiger partial charge >= 0.3 is 6.18 Å². The number of aryl methyl sites for hydroxylation is 2. The van der Waals surface area contributed by atoms with Gasteiger partial charge in [0.15, 0.2) is 11.6 Å². The Morgan fingerprint density at radius 3 is 2.19 bits per heavy atom. The van der Waals surface area contributed by atoms with Crippen molar-refractivity contribution in [2.75, 3.05) is 0 Å². The molecule has 0 aliphatic rings. The van der Waals surface area contributed by atoms with Crippen LogP contribution < -0.4 is 0 Å². The number of hydrogen-bond donors (Lipinski definition) is 1. The summed E-state index contributed by atoms with van der Waals surface area (Å²) < 4.78 is 61.8. The minimum atomic E-state index is -4.19. The molecule has 42 heavy (non-hydrogen) atoms. The van der Waals surface area contributed by atoms with Gasteiger partial charge in [-0.05, 0) is 88.3 Å². The Morgan fingerprint density at radius 1 is 1.05 bits per heavy atom. The van der Waals surface area contributed by atoms with Crippen molar-refractivity contribution in [3.63, 3.8) is 0 Å². The van der Waals surface area contributed by atoms with Crippen molar-refractivity contribution in [2.24, 2.45) is 4.99 Å². The maximum atomic E-state index is 14.5. The van der Waals surface area contributed by atoms with Gasteiger partial charge in [-0.2, -0.15) is 13.2 Å². The van der Waals surface area contributed by atoms with Crippen LogP contribution in [0.2, 0.25) is 5.02 Å². The lowest BCUT2D eigenvalue weighted by Gasteiger charge is -2.15. The van der Waals surface area contributed by atoms with Gasteiger partial charge in [-0.1, -0.05) is 70.5 Å². The number of fused-ring (bicyclic) bond motifs is 1. The Bertz CT molecular complexity index is 1380. The molecule has 3 aromatic rings. The van der Waals surface area contributed by atoms with E-state index in [9.17, 15) is 22.0 Å². The first-order valence-corrected chi connectivity index (χ1v) is 14.6. The molecule has 0 radical (unpaired) electrons. The molecule has 8 heteroatoms. The smallest absolute Gasteiger partial charge is 0.358 e. The van der Waals surface area contributed by atoms with Crippen LogP contribution in [-0.2, 0) is 6.42 Å². The average Bonchev–Trinajstić information content (AvgIpc) is 3.28. The Balaban J connectivity index is 0.000000429. The number of nitrogens with one attached hydrogen (secondary N) is 1. The number of aromatic nitrogens is 1. The van der Waals surface area contributed by atoms with Crippen molar-refractivity contribution >= 4 is 28.2 Å². The third-order valence-corrected chi connectivity index (χ3v) is 6.98. The summed E-state index contributed by atoms with van der Waals surface area (Å²) in [6.45, 7) is 17.6. The topological polar surface area (TPSA) is 28.1 Å². The van der Waals surface area contributed by atoms with Crippen LogP contribution in [0.5, 0.6) is 0 Å². The number of rotatable bonds is 8. The second-order valence-corrected chi connectivity index (χ2v) is 10.8. The Hall–Kier alpha value is -2.93. The van der Waals surface area contributed by atoms with E-state index < -0.39 is 23.4 Å². The Labute approximate surface area is 252 Å². The SMILES string of the molecule is C=C(C)C(F)(F)F.CC/C=C(\C)N=C(C)CC.CCCCc1c([C@@H](C)c2ccc(C)c(F)c2F)[nH]c2ccc(Cl)cc12. The number of H-pyrrole nitrogens is 1. The number of aliphatic imine (C=N–C) groups is 1. The first-order valence-electron chi connectivity index (χ1n) is 14.3.